The maximum absolute atomic E-state index is 13.2. The van der Waals surface area contributed by atoms with E-state index in [1.54, 1.807) is 86.0 Å². The molecular weight excluding hydrogens is 576 g/mol. The number of pyridine rings is 1. The normalized spacial score (nSPS) is 11.7. The molecule has 1 aromatic heterocycles. The summed E-state index contributed by atoms with van der Waals surface area (Å²) in [5.74, 6) is -2.45. The number of carbonyl (C=O) groups excluding carboxylic acids is 3. The van der Waals surface area contributed by atoms with Gasteiger partial charge in [0.2, 0.25) is 5.91 Å². The minimum absolute atomic E-state index is 0.00529. The van der Waals surface area contributed by atoms with Gasteiger partial charge in [0.1, 0.15) is 5.70 Å². The largest absolute Gasteiger partial charge is 0.478 e. The SMILES string of the molecule is CC(Sc1ccc(NC(=O)/C(=C/c2cccnc2)NC(=O)c2ccccc2)cc1)C(=O)Nc1cc(C(=O)O)ccc1Cl. The first-order valence-corrected chi connectivity index (χ1v) is 13.9. The van der Waals surface area contributed by atoms with Gasteiger partial charge in [0.15, 0.2) is 0 Å². The number of aromatic carboxylic acids is 1. The van der Waals surface area contributed by atoms with E-state index in [-0.39, 0.29) is 27.9 Å². The van der Waals surface area contributed by atoms with Gasteiger partial charge in [0, 0.05) is 28.5 Å². The van der Waals surface area contributed by atoms with E-state index in [4.69, 9.17) is 11.6 Å². The number of hydrogen-bond donors (Lipinski definition) is 4. The number of rotatable bonds is 10. The van der Waals surface area contributed by atoms with Crippen LogP contribution in [0, 0.1) is 0 Å². The molecule has 11 heteroatoms. The Labute approximate surface area is 251 Å². The predicted molar refractivity (Wildman–Crippen MR) is 164 cm³/mol. The topological polar surface area (TPSA) is 137 Å². The van der Waals surface area contributed by atoms with Crippen molar-refractivity contribution in [3.05, 3.63) is 125 Å². The number of nitrogens with zero attached hydrogens (tertiary/aromatic N) is 1. The van der Waals surface area contributed by atoms with Crippen LogP contribution < -0.4 is 16.0 Å². The second-order valence-electron chi connectivity index (χ2n) is 8.89. The molecule has 42 heavy (non-hydrogen) atoms. The van der Waals surface area contributed by atoms with Crippen molar-refractivity contribution in [3.63, 3.8) is 0 Å². The molecule has 0 aliphatic rings. The predicted octanol–water partition coefficient (Wildman–Crippen LogP) is 5.96. The average molecular weight is 601 g/mol. The van der Waals surface area contributed by atoms with Crippen molar-refractivity contribution in [1.82, 2.24) is 10.3 Å². The maximum Gasteiger partial charge on any atom is 0.335 e. The number of thioether (sulfide) groups is 1. The summed E-state index contributed by atoms with van der Waals surface area (Å²) >= 11 is 7.39. The third-order valence-corrected chi connectivity index (χ3v) is 7.23. The summed E-state index contributed by atoms with van der Waals surface area (Å²) in [5.41, 5.74) is 1.76. The number of anilines is 2. The van der Waals surface area contributed by atoms with Crippen molar-refractivity contribution < 1.29 is 24.3 Å². The zero-order valence-corrected chi connectivity index (χ0v) is 23.8. The fourth-order valence-corrected chi connectivity index (χ4v) is 4.66. The van der Waals surface area contributed by atoms with Crippen LogP contribution in [0.1, 0.15) is 33.2 Å². The van der Waals surface area contributed by atoms with Crippen molar-refractivity contribution in [2.45, 2.75) is 17.1 Å². The molecule has 1 atom stereocenters. The summed E-state index contributed by atoms with van der Waals surface area (Å²) in [7, 11) is 0. The summed E-state index contributed by atoms with van der Waals surface area (Å²) in [6.07, 6.45) is 4.71. The summed E-state index contributed by atoms with van der Waals surface area (Å²) < 4.78 is 0. The zero-order valence-electron chi connectivity index (χ0n) is 22.2. The number of halogens is 1. The fraction of sp³-hybridized carbons (Fsp3) is 0.0645. The van der Waals surface area contributed by atoms with E-state index in [9.17, 15) is 24.3 Å². The summed E-state index contributed by atoms with van der Waals surface area (Å²) in [4.78, 5) is 54.7. The Kier molecular flexibility index (Phi) is 10.1. The molecule has 4 aromatic rings. The van der Waals surface area contributed by atoms with Gasteiger partial charge in [-0.3, -0.25) is 19.4 Å². The fourth-order valence-electron chi connectivity index (χ4n) is 3.63. The van der Waals surface area contributed by atoms with Gasteiger partial charge in [-0.2, -0.15) is 0 Å². The standard InChI is InChI=1S/C31H25ClN4O5S/c1-19(28(37)35-26-17-22(31(40)41)9-14-25(26)32)42-24-12-10-23(11-13-24)34-30(39)27(16-20-6-5-15-33-18-20)36-29(38)21-7-3-2-4-8-21/h2-19H,1H3,(H,34,39)(H,35,37)(H,36,38)(H,40,41)/b27-16-. The lowest BCUT2D eigenvalue weighted by atomic mass is 10.2. The molecule has 0 saturated carbocycles. The minimum atomic E-state index is -1.13. The molecule has 0 aliphatic heterocycles. The van der Waals surface area contributed by atoms with Gasteiger partial charge in [0.05, 0.1) is 21.5 Å². The highest BCUT2D eigenvalue weighted by Crippen LogP contribution is 2.28. The lowest BCUT2D eigenvalue weighted by molar-refractivity contribution is -0.115. The van der Waals surface area contributed by atoms with E-state index in [0.717, 1.165) is 4.90 Å². The van der Waals surface area contributed by atoms with Gasteiger partial charge < -0.3 is 21.1 Å². The zero-order chi connectivity index (χ0) is 30.1. The van der Waals surface area contributed by atoms with Crippen molar-refractivity contribution in [1.29, 1.82) is 0 Å². The number of benzene rings is 3. The van der Waals surface area contributed by atoms with Crippen LogP contribution in [0.4, 0.5) is 11.4 Å². The first-order valence-electron chi connectivity index (χ1n) is 12.6. The second kappa shape index (κ2) is 14.1. The van der Waals surface area contributed by atoms with Gasteiger partial charge in [-0.25, -0.2) is 4.79 Å². The molecule has 4 rings (SSSR count). The highest BCUT2D eigenvalue weighted by Gasteiger charge is 2.18. The Bertz CT molecular complexity index is 1630. The number of carboxylic acids is 1. The molecule has 212 valence electrons. The summed E-state index contributed by atoms with van der Waals surface area (Å²) in [6, 6.07) is 22.9. The Hall–Kier alpha value is -4.93. The molecule has 0 fully saturated rings. The van der Waals surface area contributed by atoms with Crippen LogP contribution in [-0.2, 0) is 9.59 Å². The first kappa shape index (κ1) is 30.0. The van der Waals surface area contributed by atoms with Crippen LogP contribution in [0.5, 0.6) is 0 Å². The van der Waals surface area contributed by atoms with Crippen molar-refractivity contribution in [2.24, 2.45) is 0 Å². The van der Waals surface area contributed by atoms with Crippen LogP contribution in [0.3, 0.4) is 0 Å². The number of carboxylic acid groups (broad SMARTS) is 1. The van der Waals surface area contributed by atoms with Crippen molar-refractivity contribution >= 4 is 64.5 Å². The highest BCUT2D eigenvalue weighted by molar-refractivity contribution is 8.00. The quantitative estimate of drug-likeness (QED) is 0.130. The molecule has 0 spiro atoms. The summed E-state index contributed by atoms with van der Waals surface area (Å²) in [6.45, 7) is 1.70. The molecule has 9 nitrogen and oxygen atoms in total. The van der Waals surface area contributed by atoms with Crippen LogP contribution in [-0.4, -0.2) is 39.0 Å². The molecule has 0 radical (unpaired) electrons. The van der Waals surface area contributed by atoms with Crippen LogP contribution in [0.2, 0.25) is 5.02 Å². The van der Waals surface area contributed by atoms with Gasteiger partial charge in [0.25, 0.3) is 11.8 Å². The highest BCUT2D eigenvalue weighted by atomic mass is 35.5. The van der Waals surface area contributed by atoms with Gasteiger partial charge in [-0.15, -0.1) is 11.8 Å². The third kappa shape index (κ3) is 8.29. The Balaban J connectivity index is 1.41. The van der Waals surface area contributed by atoms with Crippen LogP contribution in [0.25, 0.3) is 6.08 Å². The van der Waals surface area contributed by atoms with E-state index >= 15 is 0 Å². The van der Waals surface area contributed by atoms with E-state index < -0.39 is 23.0 Å². The molecular formula is C31H25ClN4O5S. The first-order chi connectivity index (χ1) is 20.2. The smallest absolute Gasteiger partial charge is 0.335 e. The molecule has 4 N–H and O–H groups in total. The van der Waals surface area contributed by atoms with Gasteiger partial charge in [-0.05, 0) is 79.2 Å². The number of amides is 3. The van der Waals surface area contributed by atoms with Crippen LogP contribution >= 0.6 is 23.4 Å². The molecule has 0 bridgehead atoms. The van der Waals surface area contributed by atoms with E-state index in [1.165, 1.54) is 36.0 Å². The third-order valence-electron chi connectivity index (χ3n) is 5.79. The number of nitrogens with one attached hydrogen (secondary N) is 3. The van der Waals surface area contributed by atoms with Gasteiger partial charge in [-0.1, -0.05) is 35.9 Å². The lowest BCUT2D eigenvalue weighted by Crippen LogP contribution is -2.30. The Morgan fingerprint density at radius 1 is 0.905 bits per heavy atom. The van der Waals surface area contributed by atoms with E-state index in [2.05, 4.69) is 20.9 Å². The molecule has 1 heterocycles. The van der Waals surface area contributed by atoms with E-state index in [0.29, 0.717) is 16.8 Å². The Morgan fingerprint density at radius 3 is 2.31 bits per heavy atom. The van der Waals surface area contributed by atoms with Crippen molar-refractivity contribution in [3.8, 4) is 0 Å². The molecule has 0 aliphatic carbocycles. The molecule has 3 aromatic carbocycles. The number of carbonyl (C=O) groups is 4. The molecule has 1 unspecified atom stereocenters. The lowest BCUT2D eigenvalue weighted by Gasteiger charge is -2.14. The van der Waals surface area contributed by atoms with Crippen molar-refractivity contribution in [2.75, 3.05) is 10.6 Å². The van der Waals surface area contributed by atoms with Crippen LogP contribution in [0.15, 0.2) is 108 Å². The minimum Gasteiger partial charge on any atom is -0.478 e. The summed E-state index contributed by atoms with van der Waals surface area (Å²) in [5, 5.41) is 17.0. The maximum atomic E-state index is 13.2. The molecule has 0 saturated heterocycles. The van der Waals surface area contributed by atoms with Gasteiger partial charge >= 0.3 is 5.97 Å². The number of aromatic nitrogens is 1. The number of hydrogen-bond acceptors (Lipinski definition) is 6. The average Bonchev–Trinajstić information content (AvgIpc) is 2.99. The van der Waals surface area contributed by atoms with E-state index in [1.807, 2.05) is 0 Å². The monoisotopic (exact) mass is 600 g/mol. The Morgan fingerprint density at radius 2 is 1.64 bits per heavy atom. The molecule has 3 amide bonds. The second-order valence-corrected chi connectivity index (χ2v) is 10.7.